The van der Waals surface area contributed by atoms with E-state index in [-0.39, 0.29) is 17.8 Å². The van der Waals surface area contributed by atoms with Crippen molar-refractivity contribution in [3.63, 3.8) is 0 Å². The number of primary amides is 1. The van der Waals surface area contributed by atoms with Crippen molar-refractivity contribution in [3.8, 4) is 0 Å². The topological polar surface area (TPSA) is 113 Å². The van der Waals surface area contributed by atoms with Crippen LogP contribution in [0.25, 0.3) is 0 Å². The van der Waals surface area contributed by atoms with Crippen LogP contribution in [0.15, 0.2) is 21.5 Å². The largest absolute Gasteiger partial charge is 0.454 e. The number of rotatable bonds is 5. The van der Waals surface area contributed by atoms with Crippen LogP contribution in [0.3, 0.4) is 0 Å². The summed E-state index contributed by atoms with van der Waals surface area (Å²) in [6.45, 7) is 6.43. The van der Waals surface area contributed by atoms with Gasteiger partial charge in [0.2, 0.25) is 0 Å². The number of nitrogens with one attached hydrogen (secondary N) is 1. The van der Waals surface area contributed by atoms with Crippen LogP contribution in [0.2, 0.25) is 0 Å². The Balaban J connectivity index is 1.56. The number of hydrogen-bond donors (Lipinski definition) is 2. The van der Waals surface area contributed by atoms with E-state index in [1.165, 1.54) is 0 Å². The van der Waals surface area contributed by atoms with Crippen LogP contribution in [0.1, 0.15) is 36.1 Å². The lowest BCUT2D eigenvalue weighted by molar-refractivity contribution is -0.142. The van der Waals surface area contributed by atoms with Gasteiger partial charge in [0, 0.05) is 39.3 Å². The summed E-state index contributed by atoms with van der Waals surface area (Å²) in [6, 6.07) is 3.25. The second-order valence-electron chi connectivity index (χ2n) is 6.61. The molecule has 2 fully saturated rings. The molecule has 0 spiro atoms. The summed E-state index contributed by atoms with van der Waals surface area (Å²) in [5.41, 5.74) is 5.20. The third-order valence-electron chi connectivity index (χ3n) is 4.72. The first-order valence-electron chi connectivity index (χ1n) is 9.40. The molecule has 0 radical (unpaired) electrons. The number of hydrogen-bond acceptors (Lipinski definition) is 5. The Labute approximate surface area is 158 Å². The molecular formula is C18H27N5O4. The van der Waals surface area contributed by atoms with Gasteiger partial charge >= 0.3 is 0 Å². The maximum Gasteiger partial charge on any atom is 0.284 e. The minimum absolute atomic E-state index is 0.101. The van der Waals surface area contributed by atoms with Gasteiger partial charge in [-0.05, 0) is 31.9 Å². The maximum atomic E-state index is 12.5. The Hall–Kier alpha value is -2.55. The van der Waals surface area contributed by atoms with Crippen LogP contribution in [0, 0.1) is 0 Å². The first-order chi connectivity index (χ1) is 13.1. The van der Waals surface area contributed by atoms with Crippen molar-refractivity contribution in [2.24, 2.45) is 10.7 Å². The summed E-state index contributed by atoms with van der Waals surface area (Å²) < 4.78 is 10.9. The number of carbonyl (C=O) groups is 2. The smallest absolute Gasteiger partial charge is 0.284 e. The Kier molecular flexibility index (Phi) is 6.33. The van der Waals surface area contributed by atoms with Gasteiger partial charge in [-0.1, -0.05) is 0 Å². The minimum atomic E-state index is -0.593. The molecule has 9 heteroatoms. The van der Waals surface area contributed by atoms with E-state index >= 15 is 0 Å². The standard InChI is InChI=1S/C18H27N5O4/c1-2-20-18(21-12-13-5-6-14(27-13)16(19)24)23-9-7-22(8-10-23)17(25)15-4-3-11-26-15/h5-6,15H,2-4,7-12H2,1H3,(H2,19,24)(H,20,21). The SMILES string of the molecule is CCNC(=NCc1ccc(C(N)=O)o1)N1CCN(C(=O)C2CCCO2)CC1. The zero-order chi connectivity index (χ0) is 19.2. The van der Waals surface area contributed by atoms with Crippen LogP contribution < -0.4 is 11.1 Å². The third-order valence-corrected chi connectivity index (χ3v) is 4.72. The highest BCUT2D eigenvalue weighted by molar-refractivity contribution is 5.89. The predicted molar refractivity (Wildman–Crippen MR) is 99.2 cm³/mol. The highest BCUT2D eigenvalue weighted by Gasteiger charge is 2.30. The summed E-state index contributed by atoms with van der Waals surface area (Å²) in [5, 5.41) is 3.27. The number of guanidine groups is 1. The molecule has 2 aliphatic heterocycles. The first kappa shape index (κ1) is 19.2. The monoisotopic (exact) mass is 377 g/mol. The van der Waals surface area contributed by atoms with E-state index in [0.717, 1.165) is 25.3 Å². The van der Waals surface area contributed by atoms with Crippen molar-refractivity contribution in [1.29, 1.82) is 0 Å². The lowest BCUT2D eigenvalue weighted by atomic mass is 10.2. The zero-order valence-corrected chi connectivity index (χ0v) is 15.6. The van der Waals surface area contributed by atoms with E-state index < -0.39 is 5.91 Å². The van der Waals surface area contributed by atoms with Gasteiger partial charge in [0.25, 0.3) is 11.8 Å². The van der Waals surface area contributed by atoms with Gasteiger partial charge in [-0.3, -0.25) is 9.59 Å². The molecule has 3 heterocycles. The molecule has 27 heavy (non-hydrogen) atoms. The van der Waals surface area contributed by atoms with Gasteiger partial charge in [-0.25, -0.2) is 4.99 Å². The lowest BCUT2D eigenvalue weighted by Gasteiger charge is -2.37. The molecule has 148 valence electrons. The van der Waals surface area contributed by atoms with Gasteiger partial charge in [0.05, 0.1) is 0 Å². The number of ether oxygens (including phenoxy) is 1. The van der Waals surface area contributed by atoms with Crippen molar-refractivity contribution in [2.45, 2.75) is 32.4 Å². The number of nitrogens with two attached hydrogens (primary N) is 1. The summed E-state index contributed by atoms with van der Waals surface area (Å²) in [4.78, 5) is 32.2. The number of nitrogens with zero attached hydrogens (tertiary/aromatic N) is 3. The number of carbonyl (C=O) groups excluding carboxylic acids is 2. The third kappa shape index (κ3) is 4.79. The highest BCUT2D eigenvalue weighted by Crippen LogP contribution is 2.16. The van der Waals surface area contributed by atoms with Crippen LogP contribution in [-0.4, -0.2) is 73.0 Å². The van der Waals surface area contributed by atoms with Crippen LogP contribution in [0.4, 0.5) is 0 Å². The molecule has 1 aromatic rings. The molecule has 0 saturated carbocycles. The number of amides is 2. The van der Waals surface area contributed by atoms with E-state index in [9.17, 15) is 9.59 Å². The molecular weight excluding hydrogens is 350 g/mol. The molecule has 0 aromatic carbocycles. The average molecular weight is 377 g/mol. The highest BCUT2D eigenvalue weighted by atomic mass is 16.5. The Bertz CT molecular complexity index is 688. The summed E-state index contributed by atoms with van der Waals surface area (Å²) in [6.07, 6.45) is 1.51. The van der Waals surface area contributed by atoms with Gasteiger partial charge < -0.3 is 30.0 Å². The summed E-state index contributed by atoms with van der Waals surface area (Å²) >= 11 is 0. The van der Waals surface area contributed by atoms with Gasteiger partial charge in [-0.2, -0.15) is 0 Å². The Morgan fingerprint density at radius 3 is 2.59 bits per heavy atom. The Morgan fingerprint density at radius 2 is 2.00 bits per heavy atom. The van der Waals surface area contributed by atoms with Crippen molar-refractivity contribution < 1.29 is 18.7 Å². The van der Waals surface area contributed by atoms with E-state index in [2.05, 4.69) is 15.2 Å². The number of piperazine rings is 1. The van der Waals surface area contributed by atoms with E-state index in [1.807, 2.05) is 11.8 Å². The fourth-order valence-electron chi connectivity index (χ4n) is 3.29. The quantitative estimate of drug-likeness (QED) is 0.558. The first-order valence-corrected chi connectivity index (χ1v) is 9.40. The molecule has 1 aromatic heterocycles. The summed E-state index contributed by atoms with van der Waals surface area (Å²) in [5.74, 6) is 0.976. The second-order valence-corrected chi connectivity index (χ2v) is 6.61. The maximum absolute atomic E-state index is 12.5. The van der Waals surface area contributed by atoms with Crippen LogP contribution in [-0.2, 0) is 16.1 Å². The fraction of sp³-hybridized carbons (Fsp3) is 0.611. The van der Waals surface area contributed by atoms with Crippen molar-refractivity contribution >= 4 is 17.8 Å². The molecule has 9 nitrogen and oxygen atoms in total. The molecule has 3 rings (SSSR count). The van der Waals surface area contributed by atoms with Crippen molar-refractivity contribution in [1.82, 2.24) is 15.1 Å². The molecule has 0 aliphatic carbocycles. The Morgan fingerprint density at radius 1 is 1.26 bits per heavy atom. The predicted octanol–water partition coefficient (Wildman–Crippen LogP) is 0.167. The van der Waals surface area contributed by atoms with Crippen molar-refractivity contribution in [2.75, 3.05) is 39.3 Å². The molecule has 2 saturated heterocycles. The number of aliphatic imine (C=N–C) groups is 1. The molecule has 0 bridgehead atoms. The average Bonchev–Trinajstić information content (AvgIpc) is 3.36. The second kappa shape index (κ2) is 8.90. The normalized spacial score (nSPS) is 20.8. The minimum Gasteiger partial charge on any atom is -0.454 e. The number of furan rings is 1. The van der Waals surface area contributed by atoms with E-state index in [0.29, 0.717) is 45.1 Å². The molecule has 3 N–H and O–H groups in total. The van der Waals surface area contributed by atoms with E-state index in [4.69, 9.17) is 14.9 Å². The van der Waals surface area contributed by atoms with Crippen LogP contribution >= 0.6 is 0 Å². The van der Waals surface area contributed by atoms with Crippen molar-refractivity contribution in [3.05, 3.63) is 23.7 Å². The lowest BCUT2D eigenvalue weighted by Crippen LogP contribution is -2.55. The molecule has 1 atom stereocenters. The van der Waals surface area contributed by atoms with Gasteiger partial charge in [0.1, 0.15) is 18.4 Å². The summed E-state index contributed by atoms with van der Waals surface area (Å²) in [7, 11) is 0. The molecule has 2 aliphatic rings. The van der Waals surface area contributed by atoms with Gasteiger partial charge in [0.15, 0.2) is 11.7 Å². The molecule has 1 unspecified atom stereocenters. The molecule has 2 amide bonds. The fourth-order valence-corrected chi connectivity index (χ4v) is 3.29. The zero-order valence-electron chi connectivity index (χ0n) is 15.6. The van der Waals surface area contributed by atoms with E-state index in [1.54, 1.807) is 12.1 Å². The van der Waals surface area contributed by atoms with Crippen LogP contribution in [0.5, 0.6) is 0 Å². The van der Waals surface area contributed by atoms with Gasteiger partial charge in [-0.15, -0.1) is 0 Å².